The molecule has 0 amide bonds. The van der Waals surface area contributed by atoms with Gasteiger partial charge in [-0.15, -0.1) is 0 Å². The van der Waals surface area contributed by atoms with Crippen LogP contribution in [0.2, 0.25) is 0 Å². The van der Waals surface area contributed by atoms with E-state index in [1.807, 2.05) is 6.07 Å². The Bertz CT molecular complexity index is 564. The lowest BCUT2D eigenvalue weighted by Crippen LogP contribution is -1.86. The molecule has 3 rings (SSSR count). The Morgan fingerprint density at radius 1 is 1.00 bits per heavy atom. The fraction of sp³-hybridized carbons (Fsp3) is 0.0769. The lowest BCUT2D eigenvalue weighted by Gasteiger charge is -2.03. The molecule has 2 aromatic rings. The molecule has 0 heterocycles. The maximum atomic E-state index is 5.81. The Morgan fingerprint density at radius 3 is 2.44 bits per heavy atom. The average Bonchev–Trinajstić information content (AvgIpc) is 2.64. The predicted molar refractivity (Wildman–Crippen MR) is 76.7 cm³/mol. The zero-order valence-electron chi connectivity index (χ0n) is 8.63. The Morgan fingerprint density at radius 2 is 1.69 bits per heavy atom. The fourth-order valence-electron chi connectivity index (χ4n) is 2.29. The minimum Gasteiger partial charge on any atom is -0.399 e. The number of halogens is 1. The molecule has 0 aromatic heterocycles. The lowest BCUT2D eigenvalue weighted by atomic mass is 10.1. The number of nitrogen functional groups attached to an aromatic ring is 1. The maximum absolute atomic E-state index is 5.81. The van der Waals surface area contributed by atoms with Crippen molar-refractivity contribution in [2.24, 2.45) is 0 Å². The van der Waals surface area contributed by atoms with Gasteiger partial charge in [-0.25, -0.2) is 0 Å². The third kappa shape index (κ3) is 1.46. The van der Waals surface area contributed by atoms with Gasteiger partial charge in [0, 0.05) is 11.4 Å². The van der Waals surface area contributed by atoms with Gasteiger partial charge in [0.1, 0.15) is 0 Å². The number of hydrogen-bond donors (Lipinski definition) is 2. The van der Waals surface area contributed by atoms with Crippen molar-refractivity contribution in [1.82, 2.24) is 0 Å². The van der Waals surface area contributed by atoms with E-state index in [1.165, 1.54) is 22.3 Å². The van der Waals surface area contributed by atoms with Crippen LogP contribution >= 0.6 is 22.9 Å². The number of rotatable bonds is 1. The topological polar surface area (TPSA) is 38.0 Å². The lowest BCUT2D eigenvalue weighted by molar-refractivity contribution is 1.27. The summed E-state index contributed by atoms with van der Waals surface area (Å²) in [5.41, 5.74) is 13.2. The predicted octanol–water partition coefficient (Wildman–Crippen LogP) is 3.60. The van der Waals surface area contributed by atoms with Gasteiger partial charge in [-0.05, 0) is 52.9 Å². The Kier molecular flexibility index (Phi) is 2.28. The van der Waals surface area contributed by atoms with Crippen LogP contribution in [-0.4, -0.2) is 0 Å². The van der Waals surface area contributed by atoms with Crippen molar-refractivity contribution in [3.8, 4) is 11.1 Å². The van der Waals surface area contributed by atoms with Crippen molar-refractivity contribution in [2.45, 2.75) is 6.42 Å². The van der Waals surface area contributed by atoms with Gasteiger partial charge in [0.2, 0.25) is 0 Å². The number of anilines is 2. The molecule has 0 spiro atoms. The number of nitrogens with one attached hydrogen (secondary N) is 1. The second-order valence-electron chi connectivity index (χ2n) is 4.06. The molecule has 2 aromatic carbocycles. The summed E-state index contributed by atoms with van der Waals surface area (Å²) >= 11 is 2.15. The quantitative estimate of drug-likeness (QED) is 0.408. The summed E-state index contributed by atoms with van der Waals surface area (Å²) in [5.74, 6) is 0. The summed E-state index contributed by atoms with van der Waals surface area (Å²) in [4.78, 5) is 0. The summed E-state index contributed by atoms with van der Waals surface area (Å²) < 4.78 is 3.14. The van der Waals surface area contributed by atoms with Crippen LogP contribution in [0.1, 0.15) is 11.1 Å². The third-order valence-electron chi connectivity index (χ3n) is 3.01. The summed E-state index contributed by atoms with van der Waals surface area (Å²) in [6, 6.07) is 12.7. The van der Waals surface area contributed by atoms with E-state index in [0.717, 1.165) is 17.8 Å². The highest BCUT2D eigenvalue weighted by molar-refractivity contribution is 14.1. The molecule has 3 N–H and O–H groups in total. The van der Waals surface area contributed by atoms with Crippen LogP contribution in [0.25, 0.3) is 11.1 Å². The zero-order chi connectivity index (χ0) is 11.1. The maximum Gasteiger partial charge on any atom is 0.0560 e. The van der Waals surface area contributed by atoms with E-state index in [-0.39, 0.29) is 0 Å². The minimum absolute atomic E-state index is 0.846. The van der Waals surface area contributed by atoms with Gasteiger partial charge in [-0.2, -0.15) is 0 Å². The Hall–Kier alpha value is -1.23. The van der Waals surface area contributed by atoms with Crippen LogP contribution in [0.5, 0.6) is 0 Å². The van der Waals surface area contributed by atoms with Gasteiger partial charge < -0.3 is 9.26 Å². The van der Waals surface area contributed by atoms with Crippen LogP contribution < -0.4 is 9.26 Å². The van der Waals surface area contributed by atoms with Crippen molar-refractivity contribution >= 4 is 34.2 Å². The first-order valence-corrected chi connectivity index (χ1v) is 6.24. The van der Waals surface area contributed by atoms with E-state index in [2.05, 4.69) is 56.7 Å². The molecular weight excluding hydrogens is 311 g/mol. The van der Waals surface area contributed by atoms with Crippen LogP contribution in [0.4, 0.5) is 11.4 Å². The number of benzene rings is 2. The summed E-state index contributed by atoms with van der Waals surface area (Å²) in [6.07, 6.45) is 0.988. The second-order valence-corrected chi connectivity index (χ2v) is 4.60. The molecule has 0 bridgehead atoms. The average molecular weight is 322 g/mol. The largest absolute Gasteiger partial charge is 0.399 e. The molecule has 0 unspecified atom stereocenters. The molecule has 1 aliphatic carbocycles. The van der Waals surface area contributed by atoms with Gasteiger partial charge in [-0.3, -0.25) is 0 Å². The summed E-state index contributed by atoms with van der Waals surface area (Å²) in [5, 5.41) is 0. The highest BCUT2D eigenvalue weighted by Gasteiger charge is 2.18. The normalized spacial score (nSPS) is 12.1. The highest BCUT2D eigenvalue weighted by Crippen LogP contribution is 2.38. The molecule has 0 aliphatic heterocycles. The Labute approximate surface area is 108 Å². The SMILES string of the molecule is Nc1ccc2c(c1)Cc1cc(NI)ccc1-2. The number of fused-ring (bicyclic) bond motifs is 3. The molecule has 0 saturated heterocycles. The molecule has 2 nitrogen and oxygen atoms in total. The Balaban J connectivity index is 2.16. The van der Waals surface area contributed by atoms with Crippen molar-refractivity contribution in [3.05, 3.63) is 47.5 Å². The van der Waals surface area contributed by atoms with Crippen molar-refractivity contribution in [3.63, 3.8) is 0 Å². The fourth-order valence-corrected chi connectivity index (χ4v) is 2.62. The van der Waals surface area contributed by atoms with Crippen molar-refractivity contribution in [1.29, 1.82) is 0 Å². The molecule has 0 radical (unpaired) electrons. The number of hydrogen-bond acceptors (Lipinski definition) is 2. The van der Waals surface area contributed by atoms with E-state index >= 15 is 0 Å². The highest BCUT2D eigenvalue weighted by atomic mass is 127. The van der Waals surface area contributed by atoms with E-state index in [0.29, 0.717) is 0 Å². The molecular formula is C13H11IN2. The minimum atomic E-state index is 0.846. The first-order chi connectivity index (χ1) is 7.78. The van der Waals surface area contributed by atoms with Crippen LogP contribution in [0.15, 0.2) is 36.4 Å². The standard InChI is InChI=1S/C13H11IN2/c14-16-11-2-4-13-9(7-11)5-8-6-10(15)1-3-12(8)13/h1-4,6-7,16H,5,15H2. The zero-order valence-corrected chi connectivity index (χ0v) is 10.8. The van der Waals surface area contributed by atoms with E-state index in [1.54, 1.807) is 0 Å². The first-order valence-electron chi connectivity index (χ1n) is 5.16. The van der Waals surface area contributed by atoms with Crippen LogP contribution in [0, 0.1) is 0 Å². The van der Waals surface area contributed by atoms with Crippen molar-refractivity contribution in [2.75, 3.05) is 9.26 Å². The van der Waals surface area contributed by atoms with Gasteiger partial charge in [0.15, 0.2) is 0 Å². The molecule has 1 aliphatic rings. The summed E-state index contributed by atoms with van der Waals surface area (Å²) in [6.45, 7) is 0. The third-order valence-corrected chi connectivity index (χ3v) is 3.64. The van der Waals surface area contributed by atoms with Crippen LogP contribution in [-0.2, 0) is 6.42 Å². The smallest absolute Gasteiger partial charge is 0.0560 e. The molecule has 0 saturated carbocycles. The van der Waals surface area contributed by atoms with Gasteiger partial charge in [0.25, 0.3) is 0 Å². The van der Waals surface area contributed by atoms with Crippen molar-refractivity contribution < 1.29 is 0 Å². The van der Waals surface area contributed by atoms with Gasteiger partial charge in [0.05, 0.1) is 22.9 Å². The van der Waals surface area contributed by atoms with E-state index in [9.17, 15) is 0 Å². The number of nitrogens with two attached hydrogens (primary N) is 1. The van der Waals surface area contributed by atoms with E-state index in [4.69, 9.17) is 5.73 Å². The van der Waals surface area contributed by atoms with Gasteiger partial charge in [-0.1, -0.05) is 12.1 Å². The molecule has 16 heavy (non-hydrogen) atoms. The molecule has 80 valence electrons. The second kappa shape index (κ2) is 3.66. The molecule has 0 atom stereocenters. The molecule has 0 fully saturated rings. The van der Waals surface area contributed by atoms with E-state index < -0.39 is 0 Å². The molecule has 3 heteroatoms. The monoisotopic (exact) mass is 322 g/mol. The first kappa shape index (κ1) is 9.96. The summed E-state index contributed by atoms with van der Waals surface area (Å²) in [7, 11) is 0. The van der Waals surface area contributed by atoms with Crippen LogP contribution in [0.3, 0.4) is 0 Å². The van der Waals surface area contributed by atoms with Gasteiger partial charge >= 0.3 is 0 Å².